The lowest BCUT2D eigenvalue weighted by atomic mass is 10.1. The minimum absolute atomic E-state index is 0.0271. The molecule has 0 amide bonds. The van der Waals surface area contributed by atoms with Crippen molar-refractivity contribution in [3.8, 4) is 17.1 Å². The van der Waals surface area contributed by atoms with E-state index < -0.39 is 16.0 Å². The molecule has 0 atom stereocenters. The third kappa shape index (κ3) is 4.92. The zero-order chi connectivity index (χ0) is 22.6. The van der Waals surface area contributed by atoms with Crippen LogP contribution in [0.3, 0.4) is 0 Å². The highest BCUT2D eigenvalue weighted by Crippen LogP contribution is 2.31. The molecule has 0 saturated heterocycles. The lowest BCUT2D eigenvalue weighted by Crippen LogP contribution is -2.14. The Labute approximate surface area is 179 Å². The molecular weight excluding hydrogens is 424 g/mol. The van der Waals surface area contributed by atoms with E-state index >= 15 is 0 Å². The Bertz CT molecular complexity index is 1210. The predicted molar refractivity (Wildman–Crippen MR) is 112 cm³/mol. The Morgan fingerprint density at radius 2 is 1.81 bits per heavy atom. The molecule has 2 aromatic carbocycles. The molecule has 31 heavy (non-hydrogen) atoms. The number of nitrogens with one attached hydrogen (secondary N) is 1. The number of sulfonamides is 1. The number of ether oxygens (including phenoxy) is 2. The fourth-order valence-electron chi connectivity index (χ4n) is 2.74. The van der Waals surface area contributed by atoms with Crippen molar-refractivity contribution in [2.24, 2.45) is 0 Å². The van der Waals surface area contributed by atoms with Gasteiger partial charge in [-0.1, -0.05) is 5.16 Å². The molecule has 1 heterocycles. The normalized spacial score (nSPS) is 11.1. The van der Waals surface area contributed by atoms with E-state index in [4.69, 9.17) is 14.0 Å². The number of anilines is 1. The number of hydrogen-bond acceptors (Lipinski definition) is 8. The van der Waals surface area contributed by atoms with Crippen molar-refractivity contribution < 1.29 is 32.0 Å². The number of carbonyl (C=O) groups excluding carboxylic acids is 2. The van der Waals surface area contributed by atoms with Gasteiger partial charge < -0.3 is 14.0 Å². The molecule has 3 aromatic rings. The van der Waals surface area contributed by atoms with Gasteiger partial charge in [-0.2, -0.15) is 0 Å². The smallest absolute Gasteiger partial charge is 0.360 e. The fraction of sp³-hybridized carbons (Fsp3) is 0.190. The Morgan fingerprint density at radius 3 is 2.42 bits per heavy atom. The van der Waals surface area contributed by atoms with Gasteiger partial charge in [-0.05, 0) is 56.3 Å². The van der Waals surface area contributed by atoms with Crippen LogP contribution in [0, 0.1) is 0 Å². The molecule has 0 radical (unpaired) electrons. The van der Waals surface area contributed by atoms with E-state index in [1.807, 2.05) is 0 Å². The maximum Gasteiger partial charge on any atom is 0.360 e. The number of carbonyl (C=O) groups is 2. The van der Waals surface area contributed by atoms with Gasteiger partial charge in [0, 0.05) is 22.9 Å². The summed E-state index contributed by atoms with van der Waals surface area (Å²) >= 11 is 0. The highest BCUT2D eigenvalue weighted by molar-refractivity contribution is 7.92. The van der Waals surface area contributed by atoms with Crippen LogP contribution in [0.25, 0.3) is 11.3 Å². The summed E-state index contributed by atoms with van der Waals surface area (Å²) in [5.74, 6) is -0.470. The van der Waals surface area contributed by atoms with Gasteiger partial charge in [0.15, 0.2) is 17.2 Å². The van der Waals surface area contributed by atoms with E-state index in [0.29, 0.717) is 11.1 Å². The van der Waals surface area contributed by atoms with Gasteiger partial charge in [-0.25, -0.2) is 13.2 Å². The summed E-state index contributed by atoms with van der Waals surface area (Å²) < 4.78 is 43.7. The quantitative estimate of drug-likeness (QED) is 0.413. The first-order chi connectivity index (χ1) is 14.7. The number of methoxy groups -OCH3 is 1. The van der Waals surface area contributed by atoms with Gasteiger partial charge in [0.25, 0.3) is 10.0 Å². The third-order valence-corrected chi connectivity index (χ3v) is 5.68. The molecule has 0 saturated carbocycles. The van der Waals surface area contributed by atoms with Gasteiger partial charge in [-0.3, -0.25) is 9.52 Å². The van der Waals surface area contributed by atoms with Crippen LogP contribution in [0.15, 0.2) is 57.9 Å². The molecule has 0 fully saturated rings. The zero-order valence-electron chi connectivity index (χ0n) is 17.0. The molecule has 1 N–H and O–H groups in total. The van der Waals surface area contributed by atoms with E-state index in [0.717, 1.165) is 0 Å². The van der Waals surface area contributed by atoms with Crippen LogP contribution in [-0.4, -0.2) is 39.0 Å². The van der Waals surface area contributed by atoms with Crippen LogP contribution < -0.4 is 9.46 Å². The summed E-state index contributed by atoms with van der Waals surface area (Å²) in [6.45, 7) is 3.28. The molecule has 9 nitrogen and oxygen atoms in total. The van der Waals surface area contributed by atoms with E-state index in [1.54, 1.807) is 13.0 Å². The second-order valence-electron chi connectivity index (χ2n) is 6.40. The van der Waals surface area contributed by atoms with E-state index in [-0.39, 0.29) is 40.2 Å². The zero-order valence-corrected chi connectivity index (χ0v) is 17.9. The Morgan fingerprint density at radius 1 is 1.10 bits per heavy atom. The van der Waals surface area contributed by atoms with Crippen LogP contribution in [0.4, 0.5) is 5.69 Å². The lowest BCUT2D eigenvalue weighted by molar-refractivity contribution is 0.0514. The number of benzene rings is 2. The van der Waals surface area contributed by atoms with Crippen molar-refractivity contribution >= 4 is 27.5 Å². The maximum absolute atomic E-state index is 13.0. The van der Waals surface area contributed by atoms with Crippen molar-refractivity contribution in [1.29, 1.82) is 0 Å². The molecule has 10 heteroatoms. The number of rotatable bonds is 8. The average Bonchev–Trinajstić information content (AvgIpc) is 3.24. The first kappa shape index (κ1) is 22.0. The summed E-state index contributed by atoms with van der Waals surface area (Å²) in [5, 5.41) is 3.66. The van der Waals surface area contributed by atoms with Crippen molar-refractivity contribution in [1.82, 2.24) is 5.16 Å². The number of aromatic nitrogens is 1. The Hall–Kier alpha value is -3.66. The lowest BCUT2D eigenvalue weighted by Gasteiger charge is -2.13. The predicted octanol–water partition coefficient (Wildman–Crippen LogP) is 3.53. The van der Waals surface area contributed by atoms with Gasteiger partial charge in [0.2, 0.25) is 0 Å². The Kier molecular flexibility index (Phi) is 6.40. The number of esters is 1. The van der Waals surface area contributed by atoms with Crippen LogP contribution in [0.2, 0.25) is 0 Å². The summed E-state index contributed by atoms with van der Waals surface area (Å²) in [7, 11) is -2.70. The molecule has 0 aliphatic rings. The highest BCUT2D eigenvalue weighted by Gasteiger charge is 2.23. The minimum Gasteiger partial charge on any atom is -0.495 e. The number of ketones is 1. The van der Waals surface area contributed by atoms with Crippen molar-refractivity contribution in [3.63, 3.8) is 0 Å². The molecule has 0 unspecified atom stereocenters. The van der Waals surface area contributed by atoms with Crippen LogP contribution in [0.1, 0.15) is 34.7 Å². The van der Waals surface area contributed by atoms with Gasteiger partial charge in [0.05, 0.1) is 13.7 Å². The number of Topliss-reactive ketones (excluding diaryl/α,β-unsaturated/α-hetero) is 1. The fourth-order valence-corrected chi connectivity index (χ4v) is 3.99. The van der Waals surface area contributed by atoms with Crippen molar-refractivity contribution in [3.05, 3.63) is 59.8 Å². The molecule has 0 bridgehead atoms. The van der Waals surface area contributed by atoms with Crippen molar-refractivity contribution in [2.45, 2.75) is 18.7 Å². The molecule has 0 spiro atoms. The standard InChI is InChI=1S/C21H20N2O7S/c1-4-29-21(25)17-12-19(30-22-17)15-7-10-18(28-3)20(11-15)31(26,27)23-16-8-5-14(6-9-16)13(2)24/h5-12,23H,4H2,1-3H3. The minimum atomic E-state index is -4.05. The van der Waals surface area contributed by atoms with Gasteiger partial charge in [-0.15, -0.1) is 0 Å². The molecule has 0 aliphatic heterocycles. The third-order valence-electron chi connectivity index (χ3n) is 4.28. The van der Waals surface area contributed by atoms with E-state index in [1.165, 1.54) is 56.5 Å². The number of nitrogens with zero attached hydrogens (tertiary/aromatic N) is 1. The van der Waals surface area contributed by atoms with Gasteiger partial charge in [0.1, 0.15) is 10.6 Å². The molecule has 162 valence electrons. The number of hydrogen-bond donors (Lipinski definition) is 1. The molecule has 3 rings (SSSR count). The highest BCUT2D eigenvalue weighted by atomic mass is 32.2. The van der Waals surface area contributed by atoms with Crippen LogP contribution in [0.5, 0.6) is 5.75 Å². The largest absolute Gasteiger partial charge is 0.495 e. The maximum atomic E-state index is 13.0. The van der Waals surface area contributed by atoms with Crippen molar-refractivity contribution in [2.75, 3.05) is 18.4 Å². The second kappa shape index (κ2) is 9.00. The van der Waals surface area contributed by atoms with Crippen LogP contribution in [-0.2, 0) is 14.8 Å². The SMILES string of the molecule is CCOC(=O)c1cc(-c2ccc(OC)c(S(=O)(=O)Nc3ccc(C(C)=O)cc3)c2)on1. The summed E-state index contributed by atoms with van der Waals surface area (Å²) in [6, 6.07) is 11.8. The van der Waals surface area contributed by atoms with E-state index in [2.05, 4.69) is 9.88 Å². The van der Waals surface area contributed by atoms with Gasteiger partial charge >= 0.3 is 5.97 Å². The second-order valence-corrected chi connectivity index (χ2v) is 8.05. The monoisotopic (exact) mass is 444 g/mol. The summed E-state index contributed by atoms with van der Waals surface area (Å²) in [5.41, 5.74) is 1.09. The van der Waals surface area contributed by atoms with E-state index in [9.17, 15) is 18.0 Å². The topological polar surface area (TPSA) is 125 Å². The van der Waals surface area contributed by atoms with Crippen LogP contribution >= 0.6 is 0 Å². The summed E-state index contributed by atoms with van der Waals surface area (Å²) in [4.78, 5) is 23.1. The first-order valence-electron chi connectivity index (χ1n) is 9.21. The molecule has 0 aliphatic carbocycles. The Balaban J connectivity index is 1.94. The molecule has 1 aromatic heterocycles. The first-order valence-corrected chi connectivity index (χ1v) is 10.7. The summed E-state index contributed by atoms with van der Waals surface area (Å²) in [6.07, 6.45) is 0. The molecular formula is C21H20N2O7S. The average molecular weight is 444 g/mol.